The fourth-order valence-electron chi connectivity index (χ4n) is 1.70. The number of aromatic nitrogens is 2. The number of para-hydroxylation sites is 1. The highest BCUT2D eigenvalue weighted by atomic mass is 32.1. The summed E-state index contributed by atoms with van der Waals surface area (Å²) in [5.74, 6) is 1.61. The van der Waals surface area contributed by atoms with Gasteiger partial charge in [0.25, 0.3) is 0 Å². The zero-order valence-electron chi connectivity index (χ0n) is 8.94. The molecule has 1 heterocycles. The molecule has 17 heavy (non-hydrogen) atoms. The Morgan fingerprint density at radius 2 is 1.59 bits per heavy atom. The van der Waals surface area contributed by atoms with Gasteiger partial charge in [-0.05, 0) is 36.5 Å². The Balaban J connectivity index is 1.98. The van der Waals surface area contributed by atoms with E-state index in [0.717, 1.165) is 22.5 Å². The van der Waals surface area contributed by atoms with Crippen LogP contribution in [0.25, 0.3) is 11.0 Å². The first-order valence-corrected chi connectivity index (χ1v) is 5.67. The summed E-state index contributed by atoms with van der Waals surface area (Å²) >= 11 is 5.03. The monoisotopic (exact) mass is 242 g/mol. The van der Waals surface area contributed by atoms with E-state index < -0.39 is 0 Å². The minimum absolute atomic E-state index is 0.622. The van der Waals surface area contributed by atoms with Gasteiger partial charge in [0.15, 0.2) is 4.77 Å². The van der Waals surface area contributed by atoms with Crippen molar-refractivity contribution in [2.24, 2.45) is 0 Å². The van der Waals surface area contributed by atoms with Crippen LogP contribution >= 0.6 is 12.2 Å². The number of imidazole rings is 1. The molecular formula is C13H10N2OS. The van der Waals surface area contributed by atoms with Crippen LogP contribution in [-0.2, 0) is 0 Å². The Morgan fingerprint density at radius 1 is 0.824 bits per heavy atom. The molecule has 0 aliphatic carbocycles. The Hall–Kier alpha value is -2.07. The molecule has 2 N–H and O–H groups in total. The highest BCUT2D eigenvalue weighted by Crippen LogP contribution is 2.23. The van der Waals surface area contributed by atoms with Gasteiger partial charge in [-0.15, -0.1) is 0 Å². The lowest BCUT2D eigenvalue weighted by atomic mass is 10.3. The quantitative estimate of drug-likeness (QED) is 0.666. The van der Waals surface area contributed by atoms with Gasteiger partial charge in [0.1, 0.15) is 11.5 Å². The number of H-pyrrole nitrogens is 2. The van der Waals surface area contributed by atoms with Crippen LogP contribution in [0.1, 0.15) is 0 Å². The third-order valence-electron chi connectivity index (χ3n) is 2.47. The van der Waals surface area contributed by atoms with Gasteiger partial charge in [0.05, 0.1) is 11.0 Å². The Morgan fingerprint density at radius 3 is 2.41 bits per heavy atom. The first kappa shape index (κ1) is 10.1. The van der Waals surface area contributed by atoms with Gasteiger partial charge in [0, 0.05) is 6.07 Å². The van der Waals surface area contributed by atoms with Crippen LogP contribution in [0.15, 0.2) is 48.5 Å². The van der Waals surface area contributed by atoms with Gasteiger partial charge in [-0.1, -0.05) is 18.2 Å². The van der Waals surface area contributed by atoms with Crippen LogP contribution in [0.4, 0.5) is 0 Å². The number of aromatic amines is 2. The van der Waals surface area contributed by atoms with E-state index in [4.69, 9.17) is 17.0 Å². The normalized spacial score (nSPS) is 10.6. The number of rotatable bonds is 2. The van der Waals surface area contributed by atoms with Crippen molar-refractivity contribution >= 4 is 23.3 Å². The van der Waals surface area contributed by atoms with Crippen LogP contribution in [-0.4, -0.2) is 9.97 Å². The number of benzene rings is 2. The Labute approximate surface area is 103 Å². The van der Waals surface area contributed by atoms with Gasteiger partial charge in [0.2, 0.25) is 0 Å². The average molecular weight is 242 g/mol. The Kier molecular flexibility index (Phi) is 2.42. The predicted octanol–water partition coefficient (Wildman–Crippen LogP) is 4.02. The lowest BCUT2D eigenvalue weighted by molar-refractivity contribution is 0.483. The van der Waals surface area contributed by atoms with Crippen molar-refractivity contribution in [1.82, 2.24) is 9.97 Å². The van der Waals surface area contributed by atoms with Crippen molar-refractivity contribution in [2.45, 2.75) is 0 Å². The second-order valence-electron chi connectivity index (χ2n) is 3.70. The topological polar surface area (TPSA) is 40.8 Å². The summed E-state index contributed by atoms with van der Waals surface area (Å²) in [7, 11) is 0. The number of ether oxygens (including phenoxy) is 1. The minimum atomic E-state index is 0.622. The molecule has 0 radical (unpaired) electrons. The summed E-state index contributed by atoms with van der Waals surface area (Å²) in [5, 5.41) is 0. The molecule has 3 rings (SSSR count). The van der Waals surface area contributed by atoms with Gasteiger partial charge in [-0.25, -0.2) is 0 Å². The smallest absolute Gasteiger partial charge is 0.175 e. The molecule has 4 heteroatoms. The van der Waals surface area contributed by atoms with Crippen molar-refractivity contribution in [3.63, 3.8) is 0 Å². The maximum absolute atomic E-state index is 5.73. The first-order chi connectivity index (χ1) is 8.31. The second kappa shape index (κ2) is 4.07. The average Bonchev–Trinajstić information content (AvgIpc) is 2.70. The van der Waals surface area contributed by atoms with Crippen molar-refractivity contribution in [2.75, 3.05) is 0 Å². The molecule has 3 nitrogen and oxygen atoms in total. The van der Waals surface area contributed by atoms with E-state index in [9.17, 15) is 0 Å². The van der Waals surface area contributed by atoms with Gasteiger partial charge in [-0.2, -0.15) is 0 Å². The van der Waals surface area contributed by atoms with E-state index in [0.29, 0.717) is 4.77 Å². The number of hydrogen-bond acceptors (Lipinski definition) is 2. The molecule has 1 aromatic heterocycles. The van der Waals surface area contributed by atoms with Crippen molar-refractivity contribution < 1.29 is 4.74 Å². The largest absolute Gasteiger partial charge is 0.457 e. The summed E-state index contributed by atoms with van der Waals surface area (Å²) in [4.78, 5) is 6.12. The fraction of sp³-hybridized carbons (Fsp3) is 0. The number of fused-ring (bicyclic) bond motifs is 1. The molecule has 3 aromatic rings. The van der Waals surface area contributed by atoms with E-state index in [2.05, 4.69) is 9.97 Å². The molecule has 0 bridgehead atoms. The predicted molar refractivity (Wildman–Crippen MR) is 70.0 cm³/mol. The summed E-state index contributed by atoms with van der Waals surface area (Å²) in [5.41, 5.74) is 1.93. The zero-order chi connectivity index (χ0) is 11.7. The molecular weight excluding hydrogens is 232 g/mol. The van der Waals surface area contributed by atoms with E-state index in [1.807, 2.05) is 48.5 Å². The molecule has 0 saturated carbocycles. The summed E-state index contributed by atoms with van der Waals surface area (Å²) < 4.78 is 6.35. The lowest BCUT2D eigenvalue weighted by Crippen LogP contribution is -1.83. The maximum atomic E-state index is 5.73. The van der Waals surface area contributed by atoms with Crippen LogP contribution in [0.3, 0.4) is 0 Å². The van der Waals surface area contributed by atoms with Gasteiger partial charge in [-0.3, -0.25) is 0 Å². The molecule has 0 amide bonds. The van der Waals surface area contributed by atoms with Crippen LogP contribution in [0.2, 0.25) is 0 Å². The molecule has 0 aliphatic heterocycles. The van der Waals surface area contributed by atoms with Crippen LogP contribution < -0.4 is 4.74 Å². The third kappa shape index (κ3) is 2.07. The zero-order valence-corrected chi connectivity index (χ0v) is 9.75. The summed E-state index contributed by atoms with van der Waals surface area (Å²) in [6, 6.07) is 15.5. The fourth-order valence-corrected chi connectivity index (χ4v) is 1.92. The molecule has 0 aliphatic rings. The molecule has 0 atom stereocenters. The highest BCUT2D eigenvalue weighted by Gasteiger charge is 2.00. The highest BCUT2D eigenvalue weighted by molar-refractivity contribution is 7.71. The molecule has 0 spiro atoms. The van der Waals surface area contributed by atoms with Crippen molar-refractivity contribution in [1.29, 1.82) is 0 Å². The molecule has 2 aromatic carbocycles. The van der Waals surface area contributed by atoms with Crippen molar-refractivity contribution in [3.05, 3.63) is 53.3 Å². The van der Waals surface area contributed by atoms with E-state index in [1.165, 1.54) is 0 Å². The van der Waals surface area contributed by atoms with Crippen LogP contribution in [0, 0.1) is 4.77 Å². The standard InChI is InChI=1S/C13H10N2OS/c17-13-14-11-7-6-10(8-12(11)15-13)16-9-4-2-1-3-5-9/h1-8H,(H2,14,15,17). The summed E-state index contributed by atoms with van der Waals surface area (Å²) in [6.45, 7) is 0. The van der Waals surface area contributed by atoms with Crippen LogP contribution in [0.5, 0.6) is 11.5 Å². The molecule has 0 fully saturated rings. The number of hydrogen-bond donors (Lipinski definition) is 2. The minimum Gasteiger partial charge on any atom is -0.457 e. The van der Waals surface area contributed by atoms with E-state index >= 15 is 0 Å². The lowest BCUT2D eigenvalue weighted by Gasteiger charge is -2.04. The maximum Gasteiger partial charge on any atom is 0.175 e. The van der Waals surface area contributed by atoms with Crippen molar-refractivity contribution in [3.8, 4) is 11.5 Å². The SMILES string of the molecule is S=c1[nH]c2ccc(Oc3ccccc3)cc2[nH]1. The molecule has 0 unspecified atom stereocenters. The third-order valence-corrected chi connectivity index (χ3v) is 2.67. The Bertz CT molecular complexity index is 700. The van der Waals surface area contributed by atoms with Gasteiger partial charge < -0.3 is 14.7 Å². The number of nitrogens with one attached hydrogen (secondary N) is 2. The first-order valence-electron chi connectivity index (χ1n) is 5.26. The molecule has 84 valence electrons. The van der Waals surface area contributed by atoms with E-state index in [-0.39, 0.29) is 0 Å². The van der Waals surface area contributed by atoms with Gasteiger partial charge >= 0.3 is 0 Å². The summed E-state index contributed by atoms with van der Waals surface area (Å²) in [6.07, 6.45) is 0. The van der Waals surface area contributed by atoms with E-state index in [1.54, 1.807) is 0 Å². The second-order valence-corrected chi connectivity index (χ2v) is 4.11. The molecule has 0 saturated heterocycles.